The maximum absolute atomic E-state index is 15.7. The van der Waals surface area contributed by atoms with Gasteiger partial charge in [0.25, 0.3) is 0 Å². The number of hydrogen-bond acceptors (Lipinski definition) is 9. The normalized spacial score (nSPS) is 22.8. The van der Waals surface area contributed by atoms with Crippen LogP contribution in [-0.2, 0) is 52.9 Å². The quantitative estimate of drug-likeness (QED) is 0.106. The van der Waals surface area contributed by atoms with Crippen molar-refractivity contribution < 1.29 is 38.0 Å². The predicted octanol–water partition coefficient (Wildman–Crippen LogP) is 4.52. The molecule has 3 aromatic carbocycles. The lowest BCUT2D eigenvalue weighted by atomic mass is 9.83. The SMILES string of the molecule is CNCC(=O)NC(C(=O)N1Cc2ccccc2CC1C(=O)N(CC1CC1C(=O)NC1CC(C(=O)NCC2CCCc3ccccc32)N(C(=O)C(NC(=O)[C@H](C)NC)C(C)(C)C)C1)[C@H](C)c1ccccc1F)C(C)(C)C. The minimum atomic E-state index is -1.01. The Morgan fingerprint density at radius 2 is 1.37 bits per heavy atom. The summed E-state index contributed by atoms with van der Waals surface area (Å²) in [6.45, 7) is 15.2. The van der Waals surface area contributed by atoms with E-state index in [2.05, 4.69) is 44.0 Å². The highest BCUT2D eigenvalue weighted by molar-refractivity contribution is 5.95. The number of fused-ring (bicyclic) bond motifs is 2. The van der Waals surface area contributed by atoms with Gasteiger partial charge in [-0.3, -0.25) is 33.6 Å². The third kappa shape index (κ3) is 13.3. The van der Waals surface area contributed by atoms with Crippen LogP contribution in [0.5, 0.6) is 0 Å². The van der Waals surface area contributed by atoms with Crippen LogP contribution in [0.1, 0.15) is 121 Å². The van der Waals surface area contributed by atoms with E-state index < -0.39 is 82.6 Å². The van der Waals surface area contributed by atoms with Gasteiger partial charge in [0.15, 0.2) is 0 Å². The van der Waals surface area contributed by atoms with Crippen LogP contribution in [0.15, 0.2) is 72.8 Å². The predicted molar refractivity (Wildman–Crippen MR) is 285 cm³/mol. The van der Waals surface area contributed by atoms with Crippen LogP contribution < -0.4 is 31.9 Å². The molecule has 6 N–H and O–H groups in total. The van der Waals surface area contributed by atoms with Crippen molar-refractivity contribution >= 4 is 41.4 Å². The largest absolute Gasteiger partial charge is 0.354 e. The lowest BCUT2D eigenvalue weighted by Crippen LogP contribution is -2.61. The number of nitrogens with zero attached hydrogens (tertiary/aromatic N) is 3. The molecule has 2 aliphatic heterocycles. The fraction of sp³-hybridized carbons (Fsp3) is 0.569. The summed E-state index contributed by atoms with van der Waals surface area (Å²) < 4.78 is 15.7. The first-order valence-electron chi connectivity index (χ1n) is 26.8. The minimum absolute atomic E-state index is 0.00765. The number of nitrogens with one attached hydrogen (secondary N) is 6. The molecule has 0 radical (unpaired) electrons. The fourth-order valence-electron chi connectivity index (χ4n) is 11.2. The van der Waals surface area contributed by atoms with Crippen molar-refractivity contribution in [2.75, 3.05) is 40.3 Å². The molecule has 10 atom stereocenters. The van der Waals surface area contributed by atoms with E-state index in [1.54, 1.807) is 55.9 Å². The summed E-state index contributed by atoms with van der Waals surface area (Å²) in [5.74, 6) is -3.87. The Kier molecular flexibility index (Phi) is 17.9. The second-order valence-electron chi connectivity index (χ2n) is 23.4. The van der Waals surface area contributed by atoms with Crippen LogP contribution in [0.2, 0.25) is 0 Å². The maximum Gasteiger partial charge on any atom is 0.246 e. The average Bonchev–Trinajstić information content (AvgIpc) is 4.04. The van der Waals surface area contributed by atoms with E-state index in [0.29, 0.717) is 13.0 Å². The number of aryl methyl sites for hydroxylation is 1. The lowest BCUT2D eigenvalue weighted by molar-refractivity contribution is -0.152. The Labute approximate surface area is 442 Å². The summed E-state index contributed by atoms with van der Waals surface area (Å²) in [5.41, 5.74) is 3.06. The van der Waals surface area contributed by atoms with Crippen molar-refractivity contribution in [3.05, 3.63) is 106 Å². The van der Waals surface area contributed by atoms with Gasteiger partial charge < -0.3 is 46.6 Å². The van der Waals surface area contributed by atoms with Gasteiger partial charge in [0, 0.05) is 56.0 Å². The molecule has 406 valence electrons. The molecule has 75 heavy (non-hydrogen) atoms. The Morgan fingerprint density at radius 3 is 2.04 bits per heavy atom. The number of carbonyl (C=O) groups is 7. The van der Waals surface area contributed by atoms with Crippen LogP contribution in [0, 0.1) is 28.5 Å². The van der Waals surface area contributed by atoms with Gasteiger partial charge in [0.05, 0.1) is 18.6 Å². The molecule has 2 fully saturated rings. The molecule has 0 spiro atoms. The zero-order valence-electron chi connectivity index (χ0n) is 45.6. The number of halogens is 1. The molecule has 1 saturated heterocycles. The molecule has 16 nitrogen and oxygen atoms in total. The molecule has 0 aromatic heterocycles. The van der Waals surface area contributed by atoms with Crippen molar-refractivity contribution in [1.29, 1.82) is 0 Å². The van der Waals surface area contributed by atoms with Crippen molar-refractivity contribution in [2.24, 2.45) is 22.7 Å². The standard InChI is InChI=1S/C58H80FN9O7/c1-34(61-10)51(70)65-50(58(6,7)8)56(75)68-33-41(28-46(68)53(72)62-29-38-22-17-21-36-18-13-14-24-43(36)38)63-52(71)44-26-40(44)32-66(35(2)42-23-15-16-25-45(42)59)54(73)47-27-37-19-11-12-20-39(37)31-67(47)55(74)49(57(3,4)5)64-48(69)30-60-9/h11-16,18-20,23-25,34-35,38,40-41,44,46-47,49-50,60-61H,17,21-22,26-33H2,1-10H3,(H,62,72)(H,63,71)(H,64,69)(H,65,70)/t34-,35+,38?,40?,41?,44?,46?,47?,49?,50?/m0/s1. The van der Waals surface area contributed by atoms with Crippen molar-refractivity contribution in [3.8, 4) is 0 Å². The molecule has 3 aromatic rings. The molecule has 2 aliphatic carbocycles. The first-order chi connectivity index (χ1) is 35.5. The number of hydrogen-bond donors (Lipinski definition) is 6. The van der Waals surface area contributed by atoms with Crippen LogP contribution >= 0.6 is 0 Å². The number of likely N-dealkylation sites (tertiary alicyclic amines) is 1. The van der Waals surface area contributed by atoms with Gasteiger partial charge in [-0.25, -0.2) is 4.39 Å². The third-order valence-corrected chi connectivity index (χ3v) is 15.8. The van der Waals surface area contributed by atoms with E-state index in [0.717, 1.165) is 30.4 Å². The Balaban J connectivity index is 1.12. The van der Waals surface area contributed by atoms with E-state index in [1.165, 1.54) is 22.1 Å². The first kappa shape index (κ1) is 56.5. The first-order valence-corrected chi connectivity index (χ1v) is 26.8. The average molecular weight is 1030 g/mol. The van der Waals surface area contributed by atoms with Crippen LogP contribution in [0.25, 0.3) is 0 Å². The zero-order chi connectivity index (χ0) is 54.5. The van der Waals surface area contributed by atoms with Gasteiger partial charge in [-0.1, -0.05) is 108 Å². The van der Waals surface area contributed by atoms with E-state index in [-0.39, 0.29) is 80.0 Å². The fourth-order valence-corrected chi connectivity index (χ4v) is 11.2. The summed E-state index contributed by atoms with van der Waals surface area (Å²) in [6.07, 6.45) is 3.64. The topological polar surface area (TPSA) is 201 Å². The molecule has 0 bridgehead atoms. The molecule has 17 heteroatoms. The number of rotatable bonds is 18. The Hall–Kier alpha value is -6.20. The summed E-state index contributed by atoms with van der Waals surface area (Å²) in [6, 6.07) is 16.3. The van der Waals surface area contributed by atoms with E-state index in [4.69, 9.17) is 0 Å². The molecule has 1 saturated carbocycles. The maximum atomic E-state index is 15.7. The van der Waals surface area contributed by atoms with E-state index in [9.17, 15) is 28.8 Å². The highest BCUT2D eigenvalue weighted by Gasteiger charge is 2.51. The molecule has 7 amide bonds. The number of benzene rings is 3. The smallest absolute Gasteiger partial charge is 0.246 e. The van der Waals surface area contributed by atoms with Crippen molar-refractivity contribution in [1.82, 2.24) is 46.6 Å². The van der Waals surface area contributed by atoms with E-state index >= 15 is 9.18 Å². The highest BCUT2D eigenvalue weighted by Crippen LogP contribution is 2.42. The molecule has 2 heterocycles. The second kappa shape index (κ2) is 23.8. The number of amides is 7. The summed E-state index contributed by atoms with van der Waals surface area (Å²) >= 11 is 0. The molecule has 8 unspecified atom stereocenters. The van der Waals surface area contributed by atoms with E-state index in [1.807, 2.05) is 77.9 Å². The highest BCUT2D eigenvalue weighted by atomic mass is 19.1. The monoisotopic (exact) mass is 1030 g/mol. The van der Waals surface area contributed by atoms with Crippen LogP contribution in [-0.4, -0.2) is 133 Å². The zero-order valence-corrected chi connectivity index (χ0v) is 45.6. The Bertz CT molecular complexity index is 2600. The summed E-state index contributed by atoms with van der Waals surface area (Å²) in [4.78, 5) is 105. The third-order valence-electron chi connectivity index (χ3n) is 15.8. The number of likely N-dealkylation sites (N-methyl/N-ethyl adjacent to an activating group) is 2. The lowest BCUT2D eigenvalue weighted by Gasteiger charge is -2.43. The van der Waals surface area contributed by atoms with Crippen LogP contribution in [0.4, 0.5) is 4.39 Å². The summed E-state index contributed by atoms with van der Waals surface area (Å²) in [5, 5.41) is 17.9. The number of carbonyl (C=O) groups excluding carboxylic acids is 7. The second-order valence-corrected chi connectivity index (χ2v) is 23.4. The van der Waals surface area contributed by atoms with Gasteiger partial charge in [-0.05, 0) is 105 Å². The molecule has 4 aliphatic rings. The molecular formula is C58H80FN9O7. The molecular weight excluding hydrogens is 954 g/mol. The van der Waals surface area contributed by atoms with Crippen LogP contribution in [0.3, 0.4) is 0 Å². The molecule has 7 rings (SSSR count). The van der Waals surface area contributed by atoms with Gasteiger partial charge in [0.2, 0.25) is 41.4 Å². The van der Waals surface area contributed by atoms with Gasteiger partial charge in [0.1, 0.15) is 30.0 Å². The van der Waals surface area contributed by atoms with Gasteiger partial charge >= 0.3 is 0 Å². The minimum Gasteiger partial charge on any atom is -0.354 e. The van der Waals surface area contributed by atoms with Crippen molar-refractivity contribution in [3.63, 3.8) is 0 Å². The van der Waals surface area contributed by atoms with Gasteiger partial charge in [-0.2, -0.15) is 0 Å². The summed E-state index contributed by atoms with van der Waals surface area (Å²) in [7, 11) is 3.30. The Morgan fingerprint density at radius 1 is 0.747 bits per heavy atom. The van der Waals surface area contributed by atoms with Gasteiger partial charge in [-0.15, -0.1) is 0 Å². The van der Waals surface area contributed by atoms with Crippen molar-refractivity contribution in [2.45, 2.75) is 149 Å².